The molecule has 0 heterocycles. The van der Waals surface area contributed by atoms with Gasteiger partial charge < -0.3 is 30.6 Å². The number of ether oxygens (including phenoxy) is 3. The number of methoxy groups -OCH3 is 3. The van der Waals surface area contributed by atoms with Crippen LogP contribution in [-0.2, 0) is 28.6 Å². The van der Waals surface area contributed by atoms with Gasteiger partial charge in [0.05, 0.1) is 37.2 Å². The maximum Gasteiger partial charge on any atom is 0.305 e. The van der Waals surface area contributed by atoms with Crippen molar-refractivity contribution in [3.63, 3.8) is 0 Å². The van der Waals surface area contributed by atoms with Crippen molar-refractivity contribution in [3.05, 3.63) is 0 Å². The van der Waals surface area contributed by atoms with Gasteiger partial charge in [-0.3, -0.25) is 30.2 Å². The Labute approximate surface area is 417 Å². The summed E-state index contributed by atoms with van der Waals surface area (Å²) in [6.45, 7) is 18.5. The van der Waals surface area contributed by atoms with Gasteiger partial charge in [0.25, 0.3) is 0 Å². The van der Waals surface area contributed by atoms with Gasteiger partial charge in [0, 0.05) is 63.9 Å². The smallest absolute Gasteiger partial charge is 0.305 e. The van der Waals surface area contributed by atoms with Crippen LogP contribution in [0.25, 0.3) is 0 Å². The lowest BCUT2D eigenvalue weighted by atomic mass is 10.3. The van der Waals surface area contributed by atoms with Gasteiger partial charge in [-0.05, 0) is 95.2 Å². The Kier molecular flexibility index (Phi) is 99.9. The fourth-order valence-electron chi connectivity index (χ4n) is 2.96. The number of carbonyl (C=O) groups excluding carboxylic acids is 3. The Balaban J connectivity index is -0.0000000744. The average molecular weight is 1010 g/mol. The number of rotatable bonds is 18. The molecule has 0 spiro atoms. The summed E-state index contributed by atoms with van der Waals surface area (Å²) in [5.41, 5.74) is 5.33. The summed E-state index contributed by atoms with van der Waals surface area (Å²) in [6, 6.07) is 0. The average Bonchev–Trinajstić information content (AvgIpc) is 3.28. The highest BCUT2D eigenvalue weighted by molar-refractivity contribution is 8.22. The quantitative estimate of drug-likeness (QED) is 0.0377. The van der Waals surface area contributed by atoms with E-state index in [9.17, 15) is 14.4 Å². The topological polar surface area (TPSA) is 189 Å². The highest BCUT2D eigenvalue weighted by Gasteiger charge is 1.94. The summed E-state index contributed by atoms with van der Waals surface area (Å²) in [7, 11) is 9.76. The fraction of sp³-hybridized carbons (Fsp3) is 0.800. The van der Waals surface area contributed by atoms with E-state index in [4.69, 9.17) is 57.9 Å². The highest BCUT2D eigenvalue weighted by Crippen LogP contribution is 2.04. The number of esters is 1. The van der Waals surface area contributed by atoms with Crippen molar-refractivity contribution in [2.75, 3.05) is 61.2 Å². The van der Waals surface area contributed by atoms with Crippen molar-refractivity contribution in [1.82, 2.24) is 10.6 Å². The molecule has 63 heavy (non-hydrogen) atoms. The molecule has 0 fully saturated rings. The van der Waals surface area contributed by atoms with Crippen molar-refractivity contribution in [3.8, 4) is 0 Å². The zero-order valence-corrected chi connectivity index (χ0v) is 48.1. The number of amides is 1. The Morgan fingerprint density at radius 3 is 1.14 bits per heavy atom. The Hall–Kier alpha value is -1.86. The predicted octanol–water partition coefficient (Wildman–Crippen LogP) is 13.0. The Bertz CT molecular complexity index is 872. The monoisotopic (exact) mass is 1010 g/mol. The summed E-state index contributed by atoms with van der Waals surface area (Å²) < 4.78 is 14.8. The summed E-state index contributed by atoms with van der Waals surface area (Å²) in [4.78, 5) is 35.6. The predicted molar refractivity (Wildman–Crippen MR) is 300 cm³/mol. The number of aliphatic imine (C=N–C) groups is 1. The molecule has 0 aliphatic rings. The molecule has 0 aliphatic heterocycles. The third-order valence-corrected chi connectivity index (χ3v) is 9.98. The van der Waals surface area contributed by atoms with Crippen LogP contribution in [0.4, 0.5) is 0 Å². The van der Waals surface area contributed by atoms with Gasteiger partial charge in [0.1, 0.15) is 0 Å². The van der Waals surface area contributed by atoms with Crippen LogP contribution in [0.2, 0.25) is 0 Å². The Morgan fingerprint density at radius 2 is 1.00 bits per heavy atom. The summed E-state index contributed by atoms with van der Waals surface area (Å²) >= 11 is 19.0. The van der Waals surface area contributed by atoms with Crippen LogP contribution < -0.4 is 16.4 Å². The van der Waals surface area contributed by atoms with Crippen molar-refractivity contribution in [2.24, 2.45) is 10.7 Å². The van der Waals surface area contributed by atoms with E-state index in [2.05, 4.69) is 59.7 Å². The second kappa shape index (κ2) is 77.4. The van der Waals surface area contributed by atoms with Crippen molar-refractivity contribution >= 4 is 120 Å². The number of carbonyl (C=O) groups is 3. The molecule has 0 aromatic carbocycles. The van der Waals surface area contributed by atoms with Crippen molar-refractivity contribution in [1.29, 1.82) is 10.8 Å². The van der Waals surface area contributed by atoms with Gasteiger partial charge in [-0.25, -0.2) is 0 Å². The number of nitrogens with one attached hydrogen (secondary N) is 4. The number of hydrogen-bond acceptors (Lipinski definition) is 15. The van der Waals surface area contributed by atoms with Crippen LogP contribution in [0.1, 0.15) is 178 Å². The lowest BCUT2D eigenvalue weighted by Gasteiger charge is -1.95. The van der Waals surface area contributed by atoms with Gasteiger partial charge >= 0.3 is 5.97 Å². The normalized spacial score (nSPS) is 8.89. The molecule has 12 nitrogen and oxygen atoms in total. The maximum atomic E-state index is 10.4. The lowest BCUT2D eigenvalue weighted by molar-refractivity contribution is -0.140. The molecule has 378 valence electrons. The summed E-state index contributed by atoms with van der Waals surface area (Å²) in [5.74, 6) is 1.13. The molecule has 0 aliphatic carbocycles. The zero-order valence-electron chi connectivity index (χ0n) is 43.2. The molecular weight excluding hydrogens is 913 g/mol. The van der Waals surface area contributed by atoms with Crippen molar-refractivity contribution in [2.45, 2.75) is 178 Å². The number of hydrogen-bond donors (Lipinski definition) is 5. The zero-order chi connectivity index (χ0) is 51.3. The van der Waals surface area contributed by atoms with E-state index in [0.717, 1.165) is 116 Å². The fourth-order valence-corrected chi connectivity index (χ4v) is 4.79. The first-order valence-corrected chi connectivity index (χ1v) is 26.8. The van der Waals surface area contributed by atoms with Gasteiger partial charge in [-0.1, -0.05) is 111 Å². The van der Waals surface area contributed by atoms with Gasteiger partial charge in [0.2, 0.25) is 5.91 Å². The molecule has 6 N–H and O–H groups in total. The third-order valence-electron chi connectivity index (χ3n) is 6.48. The molecular formula is C45H96N6O6S6. The number of nitrogens with zero attached hydrogens (tertiary/aromatic N) is 1. The van der Waals surface area contributed by atoms with Crippen LogP contribution >= 0.6 is 71.9 Å². The molecule has 0 radical (unpaired) electrons. The van der Waals surface area contributed by atoms with E-state index in [1.807, 2.05) is 53.5 Å². The van der Waals surface area contributed by atoms with Crippen LogP contribution in [-0.4, -0.2) is 109 Å². The first-order valence-electron chi connectivity index (χ1n) is 21.9. The van der Waals surface area contributed by atoms with Crippen LogP contribution in [0.3, 0.4) is 0 Å². The van der Waals surface area contributed by atoms with E-state index in [-0.39, 0.29) is 11.9 Å². The largest absolute Gasteiger partial charge is 0.490 e. The lowest BCUT2D eigenvalue weighted by Crippen LogP contribution is -2.16. The van der Waals surface area contributed by atoms with E-state index in [0.29, 0.717) is 28.9 Å². The second-order valence-electron chi connectivity index (χ2n) is 12.4. The Morgan fingerprint density at radius 1 is 0.556 bits per heavy atom. The third kappa shape index (κ3) is 109. The molecule has 0 bridgehead atoms. The van der Waals surface area contributed by atoms with Crippen LogP contribution in [0.15, 0.2) is 4.99 Å². The van der Waals surface area contributed by atoms with E-state index < -0.39 is 0 Å². The van der Waals surface area contributed by atoms with Crippen LogP contribution in [0.5, 0.6) is 0 Å². The van der Waals surface area contributed by atoms with Gasteiger partial charge in [-0.2, -0.15) is 0 Å². The molecule has 0 rings (SSSR count). The first kappa shape index (κ1) is 81.3. The molecule has 0 unspecified atom stereocenters. The van der Waals surface area contributed by atoms with Crippen LogP contribution in [0, 0.1) is 10.8 Å². The molecule has 0 atom stereocenters. The summed E-state index contributed by atoms with van der Waals surface area (Å²) in [6.07, 6.45) is 22.7. The minimum Gasteiger partial charge on any atom is -0.490 e. The van der Waals surface area contributed by atoms with Gasteiger partial charge in [0.15, 0.2) is 16.1 Å². The number of thioether (sulfide) groups is 3. The molecule has 0 saturated heterocycles. The number of nitrogens with two attached hydrogens (primary N) is 1. The highest BCUT2D eigenvalue weighted by atomic mass is 32.2. The molecule has 18 heteroatoms. The minimum absolute atomic E-state index is 0.123. The first-order chi connectivity index (χ1) is 29.8. The SMILES string of the molecule is CCCC(=N)OC.CCCC(=N)SC.CCCC(=O)NC.CCCC(=O)OC.CCCC(=O)SC.CCCC(=S)NC.CCCC(=S)OC.CCCC(=S)SC.CCCC(N)=NC. The standard InChI is InChI=1S/C5H12N2.2C5H11NO.2C5H11NS.C5H10O2.2C5H10OS.C5H10S2/c2*1-3-4-5(6)7-2;1-3-4-5(7)6-2;1-3-4-5(6)7-2;1-3-4-5(7)6-2;2*1-3-4-5(6)7-2;1-3-4-5(7)6-2;1-3-4-5(6)7-2/h3-4H2,1-2H3,(H2,6,7);6H,3-4H2,1-2H3;3-4H2,1-2H3,(H,6,7);6H,3-4H2,1-2H3;3-4H2,1-2H3,(H,6,7);4*3-4H2,1-2H3. The number of thiocarbonyl (C=S) groups is 3. The summed E-state index contributed by atoms with van der Waals surface area (Å²) in [5, 5.41) is 21.2. The number of amidine groups is 1. The maximum absolute atomic E-state index is 10.4. The molecule has 0 aromatic rings. The minimum atomic E-state index is -0.123. The molecule has 0 aromatic heterocycles. The van der Waals surface area contributed by atoms with E-state index in [1.54, 1.807) is 33.0 Å². The molecule has 1 amide bonds. The van der Waals surface area contributed by atoms with Gasteiger partial charge in [-0.15, -0.1) is 23.5 Å². The van der Waals surface area contributed by atoms with E-state index >= 15 is 0 Å². The molecule has 0 saturated carbocycles. The van der Waals surface area contributed by atoms with Crippen molar-refractivity contribution < 1.29 is 28.6 Å². The van der Waals surface area contributed by atoms with E-state index in [1.165, 1.54) is 44.2 Å². The second-order valence-corrected chi connectivity index (χ2v) is 16.7.